The minimum absolute atomic E-state index is 0.157. The molecular weight excluding hydrogens is 317 g/mol. The van der Waals surface area contributed by atoms with Crippen LogP contribution in [0.5, 0.6) is 0 Å². The molecule has 0 fully saturated rings. The molecule has 0 aliphatic carbocycles. The smallest absolute Gasteiger partial charge is 0.273 e. The summed E-state index contributed by atoms with van der Waals surface area (Å²) in [7, 11) is 0. The van der Waals surface area contributed by atoms with Crippen LogP contribution in [0.2, 0.25) is 0 Å². The first kappa shape index (κ1) is 13.3. The molecule has 0 radical (unpaired) electrons. The monoisotopic (exact) mass is 325 g/mol. The first-order valence-electron chi connectivity index (χ1n) is 5.23. The van der Waals surface area contributed by atoms with E-state index in [4.69, 9.17) is 5.73 Å². The summed E-state index contributed by atoms with van der Waals surface area (Å²) >= 11 is 3.20. The molecule has 98 valence electrons. The molecule has 0 saturated carbocycles. The van der Waals surface area contributed by atoms with E-state index in [0.717, 1.165) is 0 Å². The predicted octanol–water partition coefficient (Wildman–Crippen LogP) is 3.82. The van der Waals surface area contributed by atoms with Gasteiger partial charge in [-0.25, -0.2) is 4.39 Å². The molecule has 19 heavy (non-hydrogen) atoms. The summed E-state index contributed by atoms with van der Waals surface area (Å²) in [5, 5.41) is 13.5. The van der Waals surface area contributed by atoms with Crippen molar-refractivity contribution in [1.82, 2.24) is 0 Å². The zero-order chi connectivity index (χ0) is 14.0. The lowest BCUT2D eigenvalue weighted by Crippen LogP contribution is -1.98. The van der Waals surface area contributed by atoms with Gasteiger partial charge < -0.3 is 11.1 Å². The maximum Gasteiger partial charge on any atom is 0.273 e. The Labute approximate surface area is 116 Å². The molecule has 0 aliphatic rings. The normalized spacial score (nSPS) is 10.2. The fourth-order valence-electron chi connectivity index (χ4n) is 1.57. The van der Waals surface area contributed by atoms with Crippen LogP contribution < -0.4 is 11.1 Å². The lowest BCUT2D eigenvalue weighted by molar-refractivity contribution is -0.384. The van der Waals surface area contributed by atoms with E-state index in [9.17, 15) is 14.5 Å². The Kier molecular flexibility index (Phi) is 3.66. The lowest BCUT2D eigenvalue weighted by atomic mass is 10.2. The number of nitrogens with zero attached hydrogens (tertiary/aromatic N) is 1. The average Bonchev–Trinajstić information content (AvgIpc) is 2.33. The van der Waals surface area contributed by atoms with Crippen molar-refractivity contribution in [2.45, 2.75) is 0 Å². The number of nitrogens with two attached hydrogens (primary N) is 1. The number of benzene rings is 2. The van der Waals surface area contributed by atoms with Gasteiger partial charge in [0.1, 0.15) is 5.82 Å². The number of nitrogens with one attached hydrogen (secondary N) is 1. The Morgan fingerprint density at radius 2 is 2.05 bits per heavy atom. The summed E-state index contributed by atoms with van der Waals surface area (Å²) in [6.45, 7) is 0. The third kappa shape index (κ3) is 3.00. The molecule has 2 rings (SSSR count). The summed E-state index contributed by atoms with van der Waals surface area (Å²) < 4.78 is 14.1. The van der Waals surface area contributed by atoms with Gasteiger partial charge in [0.2, 0.25) is 0 Å². The van der Waals surface area contributed by atoms with Gasteiger partial charge in [-0.15, -0.1) is 0 Å². The van der Waals surface area contributed by atoms with Crippen LogP contribution in [0.25, 0.3) is 0 Å². The highest BCUT2D eigenvalue weighted by Gasteiger charge is 2.11. The molecule has 2 aromatic rings. The Morgan fingerprint density at radius 3 is 2.68 bits per heavy atom. The molecule has 0 heterocycles. The summed E-state index contributed by atoms with van der Waals surface area (Å²) in [6.07, 6.45) is 0. The second-order valence-electron chi connectivity index (χ2n) is 3.79. The van der Waals surface area contributed by atoms with Gasteiger partial charge in [-0.1, -0.05) is 6.07 Å². The Bertz CT molecular complexity index is 629. The second-order valence-corrected chi connectivity index (χ2v) is 4.65. The van der Waals surface area contributed by atoms with Crippen molar-refractivity contribution in [3.05, 3.63) is 56.8 Å². The standard InChI is InChI=1S/C12H9BrFN3O2/c13-10-2-1-3-11(14)12(10)16-8-4-7(15)5-9(6-8)17(18)19/h1-6,16H,15H2. The van der Waals surface area contributed by atoms with Gasteiger partial charge in [0.05, 0.1) is 10.6 Å². The van der Waals surface area contributed by atoms with Gasteiger partial charge in [0.25, 0.3) is 5.69 Å². The Balaban J connectivity index is 2.41. The fraction of sp³-hybridized carbons (Fsp3) is 0. The van der Waals surface area contributed by atoms with Gasteiger partial charge in [0.15, 0.2) is 0 Å². The van der Waals surface area contributed by atoms with Crippen molar-refractivity contribution in [3.63, 3.8) is 0 Å². The molecule has 0 amide bonds. The van der Waals surface area contributed by atoms with Crippen LogP contribution in [0.3, 0.4) is 0 Å². The number of nitro benzene ring substituents is 1. The molecule has 2 aromatic carbocycles. The zero-order valence-electron chi connectivity index (χ0n) is 9.56. The van der Waals surface area contributed by atoms with Crippen LogP contribution >= 0.6 is 15.9 Å². The zero-order valence-corrected chi connectivity index (χ0v) is 11.1. The molecule has 5 nitrogen and oxygen atoms in total. The van der Waals surface area contributed by atoms with Gasteiger partial charge in [0, 0.05) is 28.0 Å². The summed E-state index contributed by atoms with van der Waals surface area (Å²) in [4.78, 5) is 10.2. The number of non-ortho nitro benzene ring substituents is 1. The topological polar surface area (TPSA) is 81.2 Å². The van der Waals surface area contributed by atoms with E-state index in [1.165, 1.54) is 24.3 Å². The maximum absolute atomic E-state index is 13.6. The number of anilines is 3. The molecular formula is C12H9BrFN3O2. The highest BCUT2D eigenvalue weighted by Crippen LogP contribution is 2.31. The number of para-hydroxylation sites is 1. The highest BCUT2D eigenvalue weighted by atomic mass is 79.9. The first-order valence-corrected chi connectivity index (χ1v) is 6.02. The molecule has 7 heteroatoms. The molecule has 0 aliphatic heterocycles. The number of hydrogen-bond donors (Lipinski definition) is 2. The van der Waals surface area contributed by atoms with Gasteiger partial charge in [-0.05, 0) is 34.1 Å². The first-order chi connectivity index (χ1) is 8.97. The van der Waals surface area contributed by atoms with E-state index < -0.39 is 10.7 Å². The second kappa shape index (κ2) is 5.23. The predicted molar refractivity (Wildman–Crippen MR) is 74.9 cm³/mol. The fourth-order valence-corrected chi connectivity index (χ4v) is 2.01. The van der Waals surface area contributed by atoms with E-state index in [0.29, 0.717) is 10.2 Å². The van der Waals surface area contributed by atoms with Crippen LogP contribution in [-0.2, 0) is 0 Å². The highest BCUT2D eigenvalue weighted by molar-refractivity contribution is 9.10. The van der Waals surface area contributed by atoms with E-state index in [-0.39, 0.29) is 17.1 Å². The van der Waals surface area contributed by atoms with E-state index in [2.05, 4.69) is 21.2 Å². The molecule has 0 atom stereocenters. The van der Waals surface area contributed by atoms with Crippen molar-refractivity contribution in [2.75, 3.05) is 11.1 Å². The van der Waals surface area contributed by atoms with Gasteiger partial charge in [-0.2, -0.15) is 0 Å². The van der Waals surface area contributed by atoms with Crippen molar-refractivity contribution in [2.24, 2.45) is 0 Å². The average molecular weight is 326 g/mol. The number of nitrogen functional groups attached to an aromatic ring is 1. The van der Waals surface area contributed by atoms with Crippen LogP contribution in [0.4, 0.5) is 27.1 Å². The van der Waals surface area contributed by atoms with Crippen molar-refractivity contribution < 1.29 is 9.31 Å². The molecule has 0 aromatic heterocycles. The maximum atomic E-state index is 13.6. The summed E-state index contributed by atoms with van der Waals surface area (Å²) in [5.41, 5.74) is 6.19. The van der Waals surface area contributed by atoms with Gasteiger partial charge >= 0.3 is 0 Å². The molecule has 3 N–H and O–H groups in total. The van der Waals surface area contributed by atoms with Crippen LogP contribution in [0.1, 0.15) is 0 Å². The van der Waals surface area contributed by atoms with Gasteiger partial charge in [-0.3, -0.25) is 10.1 Å². The van der Waals surface area contributed by atoms with E-state index in [1.54, 1.807) is 12.1 Å². The lowest BCUT2D eigenvalue weighted by Gasteiger charge is -2.10. The Morgan fingerprint density at radius 1 is 1.32 bits per heavy atom. The molecule has 0 saturated heterocycles. The van der Waals surface area contributed by atoms with Crippen LogP contribution in [-0.4, -0.2) is 4.92 Å². The summed E-state index contributed by atoms with van der Waals surface area (Å²) in [5.74, 6) is -0.473. The van der Waals surface area contributed by atoms with E-state index in [1.807, 2.05) is 0 Å². The summed E-state index contributed by atoms with van der Waals surface area (Å²) in [6, 6.07) is 8.51. The number of hydrogen-bond acceptors (Lipinski definition) is 4. The molecule has 0 bridgehead atoms. The number of halogens is 2. The third-order valence-corrected chi connectivity index (χ3v) is 3.04. The number of nitro groups is 1. The minimum atomic E-state index is -0.558. The van der Waals surface area contributed by atoms with Crippen molar-refractivity contribution >= 4 is 38.7 Å². The quantitative estimate of drug-likeness (QED) is 0.510. The SMILES string of the molecule is Nc1cc(Nc2c(F)cccc2Br)cc([N+](=O)[O-])c1. The van der Waals surface area contributed by atoms with Crippen LogP contribution in [0.15, 0.2) is 40.9 Å². The van der Waals surface area contributed by atoms with E-state index >= 15 is 0 Å². The van der Waals surface area contributed by atoms with Crippen molar-refractivity contribution in [3.8, 4) is 0 Å². The Hall–Kier alpha value is -2.15. The molecule has 0 spiro atoms. The largest absolute Gasteiger partial charge is 0.398 e. The minimum Gasteiger partial charge on any atom is -0.398 e. The number of rotatable bonds is 3. The van der Waals surface area contributed by atoms with Crippen molar-refractivity contribution in [1.29, 1.82) is 0 Å². The third-order valence-electron chi connectivity index (χ3n) is 2.38. The molecule has 0 unspecified atom stereocenters. The van der Waals surface area contributed by atoms with Crippen LogP contribution in [0, 0.1) is 15.9 Å².